The Labute approximate surface area is 181 Å². The van der Waals surface area contributed by atoms with Crippen LogP contribution in [-0.2, 0) is 16.0 Å². The monoisotopic (exact) mass is 423 g/mol. The number of hydrogen-bond donors (Lipinski definition) is 0. The van der Waals surface area contributed by atoms with E-state index in [1.54, 1.807) is 18.7 Å². The third-order valence-corrected chi connectivity index (χ3v) is 6.30. The molecule has 6 nitrogen and oxygen atoms in total. The van der Waals surface area contributed by atoms with E-state index in [1.165, 1.54) is 29.0 Å². The van der Waals surface area contributed by atoms with Gasteiger partial charge in [-0.1, -0.05) is 36.0 Å². The van der Waals surface area contributed by atoms with Crippen molar-refractivity contribution in [2.75, 3.05) is 19.4 Å². The summed E-state index contributed by atoms with van der Waals surface area (Å²) >= 11 is 1.22. The van der Waals surface area contributed by atoms with Crippen LogP contribution in [-0.4, -0.2) is 41.2 Å². The number of fused-ring (bicyclic) bond motifs is 1. The average molecular weight is 424 g/mol. The summed E-state index contributed by atoms with van der Waals surface area (Å²) in [6.45, 7) is 3.68. The Morgan fingerprint density at radius 1 is 1.37 bits per heavy atom. The van der Waals surface area contributed by atoms with Gasteiger partial charge >= 0.3 is 5.97 Å². The standard InChI is InChI=1S/C23H25N3O3S/c1-4-29-23(28)19-12-17(13-24)22(25-15(19)2)30-14-21(27)26(3)20-11-7-9-16-8-5-6-10-18(16)20/h5-6,8,10,12,20H,4,7,9,11,14H2,1-3H3. The summed E-state index contributed by atoms with van der Waals surface area (Å²) in [5.74, 6) is -0.337. The van der Waals surface area contributed by atoms with E-state index in [9.17, 15) is 14.9 Å². The van der Waals surface area contributed by atoms with Crippen molar-refractivity contribution in [2.24, 2.45) is 0 Å². The number of amides is 1. The Kier molecular flexibility index (Phi) is 7.11. The molecule has 1 atom stereocenters. The number of carbonyl (C=O) groups excluding carboxylic acids is 2. The Morgan fingerprint density at radius 2 is 2.13 bits per heavy atom. The summed E-state index contributed by atoms with van der Waals surface area (Å²) in [7, 11) is 1.84. The maximum atomic E-state index is 12.9. The van der Waals surface area contributed by atoms with Gasteiger partial charge in [0.05, 0.1) is 35.2 Å². The van der Waals surface area contributed by atoms with Crippen molar-refractivity contribution in [1.29, 1.82) is 5.26 Å². The molecule has 1 aromatic heterocycles. The van der Waals surface area contributed by atoms with Gasteiger partial charge in [-0.3, -0.25) is 4.79 Å². The maximum Gasteiger partial charge on any atom is 0.340 e. The van der Waals surface area contributed by atoms with Crippen LogP contribution in [0.1, 0.15) is 58.5 Å². The summed E-state index contributed by atoms with van der Waals surface area (Å²) < 4.78 is 5.02. The zero-order valence-corrected chi connectivity index (χ0v) is 18.3. The lowest BCUT2D eigenvalue weighted by atomic mass is 9.87. The van der Waals surface area contributed by atoms with E-state index in [-0.39, 0.29) is 35.4 Å². The third kappa shape index (κ3) is 4.65. The zero-order chi connectivity index (χ0) is 21.7. The van der Waals surface area contributed by atoms with Gasteiger partial charge in [0.15, 0.2) is 0 Å². The SMILES string of the molecule is CCOC(=O)c1cc(C#N)c(SCC(=O)N(C)C2CCCc3ccccc32)nc1C. The predicted molar refractivity (Wildman–Crippen MR) is 115 cm³/mol. The first kappa shape index (κ1) is 21.8. The second-order valence-electron chi connectivity index (χ2n) is 7.21. The topological polar surface area (TPSA) is 83.3 Å². The molecule has 0 bridgehead atoms. The van der Waals surface area contributed by atoms with Crippen LogP contribution in [0.4, 0.5) is 0 Å². The average Bonchev–Trinajstić information content (AvgIpc) is 2.76. The Morgan fingerprint density at radius 3 is 2.87 bits per heavy atom. The van der Waals surface area contributed by atoms with Crippen LogP contribution in [0, 0.1) is 18.3 Å². The molecule has 0 N–H and O–H groups in total. The fourth-order valence-corrected chi connectivity index (χ4v) is 4.65. The van der Waals surface area contributed by atoms with Crippen molar-refractivity contribution < 1.29 is 14.3 Å². The minimum atomic E-state index is -0.498. The number of benzene rings is 1. The van der Waals surface area contributed by atoms with Crippen molar-refractivity contribution in [3.8, 4) is 6.07 Å². The summed E-state index contributed by atoms with van der Waals surface area (Å²) in [6.07, 6.45) is 3.05. The summed E-state index contributed by atoms with van der Waals surface area (Å²) in [6, 6.07) is 11.9. The Balaban J connectivity index is 1.73. The van der Waals surface area contributed by atoms with E-state index in [0.29, 0.717) is 10.7 Å². The van der Waals surface area contributed by atoms with E-state index in [0.717, 1.165) is 19.3 Å². The van der Waals surface area contributed by atoms with Gasteiger partial charge in [-0.05, 0) is 50.3 Å². The van der Waals surface area contributed by atoms with Gasteiger partial charge < -0.3 is 9.64 Å². The molecule has 1 unspecified atom stereocenters. The van der Waals surface area contributed by atoms with Crippen LogP contribution in [0.5, 0.6) is 0 Å². The first-order valence-corrected chi connectivity index (χ1v) is 11.0. The van der Waals surface area contributed by atoms with Gasteiger partial charge in [0.25, 0.3) is 0 Å². The predicted octanol–water partition coefficient (Wildman–Crippen LogP) is 4.07. The van der Waals surface area contributed by atoms with Crippen LogP contribution in [0.25, 0.3) is 0 Å². The molecule has 0 fully saturated rings. The van der Waals surface area contributed by atoms with E-state index in [1.807, 2.05) is 19.2 Å². The number of carbonyl (C=O) groups is 2. The Hall–Kier alpha value is -2.85. The summed E-state index contributed by atoms with van der Waals surface area (Å²) in [4.78, 5) is 31.1. The molecule has 0 saturated carbocycles. The molecule has 0 aliphatic heterocycles. The highest BCUT2D eigenvalue weighted by molar-refractivity contribution is 8.00. The largest absolute Gasteiger partial charge is 0.462 e. The second-order valence-corrected chi connectivity index (χ2v) is 8.17. The molecule has 30 heavy (non-hydrogen) atoms. The number of pyridine rings is 1. The lowest BCUT2D eigenvalue weighted by Crippen LogP contribution is -2.34. The van der Waals surface area contributed by atoms with Crippen molar-refractivity contribution in [2.45, 2.75) is 44.2 Å². The minimum absolute atomic E-state index is 0.0143. The third-order valence-electron chi connectivity index (χ3n) is 5.32. The number of thioether (sulfide) groups is 1. The number of hydrogen-bond acceptors (Lipinski definition) is 6. The lowest BCUT2D eigenvalue weighted by Gasteiger charge is -2.33. The smallest absolute Gasteiger partial charge is 0.340 e. The normalized spacial score (nSPS) is 15.1. The van der Waals surface area contributed by atoms with Gasteiger partial charge in [-0.25, -0.2) is 9.78 Å². The molecule has 0 radical (unpaired) electrons. The van der Waals surface area contributed by atoms with E-state index in [4.69, 9.17) is 4.74 Å². The van der Waals surface area contributed by atoms with Crippen LogP contribution >= 0.6 is 11.8 Å². The van der Waals surface area contributed by atoms with Crippen LogP contribution in [0.15, 0.2) is 35.4 Å². The molecule has 1 heterocycles. The highest BCUT2D eigenvalue weighted by Gasteiger charge is 2.27. The number of ether oxygens (including phenoxy) is 1. The molecular formula is C23H25N3O3S. The molecule has 1 amide bonds. The molecule has 156 valence electrons. The highest BCUT2D eigenvalue weighted by Crippen LogP contribution is 2.34. The van der Waals surface area contributed by atoms with Crippen molar-refractivity contribution in [3.63, 3.8) is 0 Å². The first-order valence-electron chi connectivity index (χ1n) is 10.0. The molecule has 3 rings (SSSR count). The molecule has 7 heteroatoms. The molecule has 0 saturated heterocycles. The number of nitriles is 1. The van der Waals surface area contributed by atoms with Gasteiger partial charge in [-0.15, -0.1) is 0 Å². The fraction of sp³-hybridized carbons (Fsp3) is 0.391. The van der Waals surface area contributed by atoms with Gasteiger partial charge in [0, 0.05) is 7.05 Å². The van der Waals surface area contributed by atoms with Gasteiger partial charge in [0.1, 0.15) is 11.1 Å². The van der Waals surface area contributed by atoms with Gasteiger partial charge in [-0.2, -0.15) is 5.26 Å². The lowest BCUT2D eigenvalue weighted by molar-refractivity contribution is -0.129. The summed E-state index contributed by atoms with van der Waals surface area (Å²) in [5, 5.41) is 9.93. The van der Waals surface area contributed by atoms with Gasteiger partial charge in [0.2, 0.25) is 5.91 Å². The Bertz CT molecular complexity index is 1000. The fourth-order valence-electron chi connectivity index (χ4n) is 3.73. The number of nitrogens with zero attached hydrogens (tertiary/aromatic N) is 3. The van der Waals surface area contributed by atoms with E-state index in [2.05, 4.69) is 23.2 Å². The molecule has 2 aromatic rings. The second kappa shape index (κ2) is 9.77. The van der Waals surface area contributed by atoms with Crippen LogP contribution in [0.2, 0.25) is 0 Å². The molecule has 0 spiro atoms. The molecule has 1 aromatic carbocycles. The number of rotatable bonds is 6. The quantitative estimate of drug-likeness (QED) is 0.515. The van der Waals surface area contributed by atoms with E-state index >= 15 is 0 Å². The number of aromatic nitrogens is 1. The molecule has 1 aliphatic rings. The summed E-state index contributed by atoms with van der Waals surface area (Å²) in [5.41, 5.74) is 3.55. The molecular weight excluding hydrogens is 398 g/mol. The minimum Gasteiger partial charge on any atom is -0.462 e. The zero-order valence-electron chi connectivity index (χ0n) is 17.5. The van der Waals surface area contributed by atoms with Crippen LogP contribution in [0.3, 0.4) is 0 Å². The maximum absolute atomic E-state index is 12.9. The van der Waals surface area contributed by atoms with Crippen LogP contribution < -0.4 is 0 Å². The molecule has 1 aliphatic carbocycles. The number of aryl methyl sites for hydroxylation is 2. The van der Waals surface area contributed by atoms with Crippen molar-refractivity contribution in [1.82, 2.24) is 9.88 Å². The highest BCUT2D eigenvalue weighted by atomic mass is 32.2. The number of esters is 1. The first-order chi connectivity index (χ1) is 14.5. The van der Waals surface area contributed by atoms with E-state index < -0.39 is 5.97 Å². The van der Waals surface area contributed by atoms with Crippen molar-refractivity contribution >= 4 is 23.6 Å². The van der Waals surface area contributed by atoms with Crippen molar-refractivity contribution in [3.05, 3.63) is 58.3 Å².